The normalized spacial score (nSPS) is 21.2. The smallest absolute Gasteiger partial charge is 0.317 e. The minimum atomic E-state index is -3.64. The molecular weight excluding hydrogens is 440 g/mol. The Labute approximate surface area is 196 Å². The standard InChI is InChI=1S/C24H36N4O4S/c29-23(18-7-6-12-22(17-18)33(31,32)27-21-10-4-5-11-21)25-20-13-15-28(16-14-20)24(30)26-19-8-2-1-3-9-19/h6-7,12,17,19-21,27H,1-5,8-11,13-16H2,(H,25,29)(H,26,30). The summed E-state index contributed by atoms with van der Waals surface area (Å²) < 4.78 is 28.2. The van der Waals surface area contributed by atoms with Crippen molar-refractivity contribution in [1.82, 2.24) is 20.3 Å². The van der Waals surface area contributed by atoms with Gasteiger partial charge in [0.25, 0.3) is 5.91 Å². The van der Waals surface area contributed by atoms with E-state index in [1.165, 1.54) is 31.4 Å². The van der Waals surface area contributed by atoms with Crippen molar-refractivity contribution >= 4 is 22.0 Å². The van der Waals surface area contributed by atoms with Crippen LogP contribution in [0, 0.1) is 0 Å². The summed E-state index contributed by atoms with van der Waals surface area (Å²) in [5.74, 6) is -0.280. The second-order valence-electron chi connectivity index (χ2n) is 9.65. The molecule has 0 unspecified atom stereocenters. The van der Waals surface area contributed by atoms with Crippen LogP contribution in [0.2, 0.25) is 0 Å². The van der Waals surface area contributed by atoms with Crippen molar-refractivity contribution in [2.45, 2.75) is 93.7 Å². The van der Waals surface area contributed by atoms with Crippen LogP contribution in [0.5, 0.6) is 0 Å². The lowest BCUT2D eigenvalue weighted by atomic mass is 9.95. The van der Waals surface area contributed by atoms with Crippen LogP contribution in [-0.4, -0.2) is 56.5 Å². The molecule has 33 heavy (non-hydrogen) atoms. The van der Waals surface area contributed by atoms with E-state index >= 15 is 0 Å². The molecule has 0 radical (unpaired) electrons. The fourth-order valence-corrected chi connectivity index (χ4v) is 6.49. The van der Waals surface area contributed by atoms with E-state index in [-0.39, 0.29) is 35.0 Å². The number of sulfonamides is 1. The van der Waals surface area contributed by atoms with Gasteiger partial charge in [-0.1, -0.05) is 38.2 Å². The van der Waals surface area contributed by atoms with Crippen molar-refractivity contribution in [1.29, 1.82) is 0 Å². The summed E-state index contributed by atoms with van der Waals surface area (Å²) in [7, 11) is -3.64. The van der Waals surface area contributed by atoms with Gasteiger partial charge in [-0.05, 0) is 56.7 Å². The first-order chi connectivity index (χ1) is 15.9. The van der Waals surface area contributed by atoms with Crippen LogP contribution < -0.4 is 15.4 Å². The van der Waals surface area contributed by atoms with Crippen LogP contribution >= 0.6 is 0 Å². The number of carbonyl (C=O) groups is 2. The fourth-order valence-electron chi connectivity index (χ4n) is 5.14. The molecule has 3 fully saturated rings. The van der Waals surface area contributed by atoms with Gasteiger partial charge in [0.15, 0.2) is 0 Å². The molecule has 1 heterocycles. The first-order valence-electron chi connectivity index (χ1n) is 12.4. The predicted molar refractivity (Wildman–Crippen MR) is 126 cm³/mol. The molecule has 9 heteroatoms. The lowest BCUT2D eigenvalue weighted by Gasteiger charge is -2.34. The average Bonchev–Trinajstić information content (AvgIpc) is 3.32. The lowest BCUT2D eigenvalue weighted by molar-refractivity contribution is 0.0917. The van der Waals surface area contributed by atoms with E-state index in [4.69, 9.17) is 0 Å². The fraction of sp³-hybridized carbons (Fsp3) is 0.667. The molecule has 0 bridgehead atoms. The van der Waals surface area contributed by atoms with Crippen LogP contribution in [0.1, 0.15) is 81.0 Å². The Bertz CT molecular complexity index is 932. The highest BCUT2D eigenvalue weighted by Gasteiger charge is 2.27. The van der Waals surface area contributed by atoms with E-state index in [1.807, 2.05) is 4.90 Å². The second kappa shape index (κ2) is 10.9. The zero-order valence-electron chi connectivity index (χ0n) is 19.2. The zero-order chi connectivity index (χ0) is 23.3. The summed E-state index contributed by atoms with van der Waals surface area (Å²) in [5.41, 5.74) is 0.335. The summed E-state index contributed by atoms with van der Waals surface area (Å²) >= 11 is 0. The Balaban J connectivity index is 1.27. The van der Waals surface area contributed by atoms with Gasteiger partial charge in [-0.2, -0.15) is 0 Å². The molecule has 3 N–H and O–H groups in total. The number of likely N-dealkylation sites (tertiary alicyclic amines) is 1. The van der Waals surface area contributed by atoms with Crippen LogP contribution in [0.4, 0.5) is 4.79 Å². The topological polar surface area (TPSA) is 108 Å². The Hall–Kier alpha value is -2.13. The van der Waals surface area contributed by atoms with Gasteiger partial charge in [0, 0.05) is 36.8 Å². The maximum atomic E-state index is 12.8. The summed E-state index contributed by atoms with van der Waals surface area (Å²) in [5, 5.41) is 6.17. The predicted octanol–water partition coefficient (Wildman–Crippen LogP) is 3.14. The summed E-state index contributed by atoms with van der Waals surface area (Å²) in [6, 6.07) is 6.44. The van der Waals surface area contributed by atoms with E-state index in [0.29, 0.717) is 31.5 Å². The largest absolute Gasteiger partial charge is 0.349 e. The Morgan fingerprint density at radius 3 is 2.09 bits per heavy atom. The summed E-state index contributed by atoms with van der Waals surface area (Å²) in [6.45, 7) is 1.20. The molecule has 2 saturated carbocycles. The van der Waals surface area contributed by atoms with Gasteiger partial charge in [0.2, 0.25) is 10.0 Å². The molecule has 1 saturated heterocycles. The van der Waals surface area contributed by atoms with E-state index in [2.05, 4.69) is 15.4 Å². The van der Waals surface area contributed by atoms with Gasteiger partial charge in [-0.15, -0.1) is 0 Å². The molecule has 4 rings (SSSR count). The van der Waals surface area contributed by atoms with Crippen molar-refractivity contribution < 1.29 is 18.0 Å². The monoisotopic (exact) mass is 476 g/mol. The number of piperidine rings is 1. The van der Waals surface area contributed by atoms with E-state index in [1.54, 1.807) is 12.1 Å². The van der Waals surface area contributed by atoms with Gasteiger partial charge in [-0.25, -0.2) is 17.9 Å². The molecular formula is C24H36N4O4S. The van der Waals surface area contributed by atoms with E-state index in [0.717, 1.165) is 38.5 Å². The number of nitrogens with one attached hydrogen (secondary N) is 3. The van der Waals surface area contributed by atoms with E-state index in [9.17, 15) is 18.0 Å². The lowest BCUT2D eigenvalue weighted by Crippen LogP contribution is -2.51. The average molecular weight is 477 g/mol. The van der Waals surface area contributed by atoms with Crippen LogP contribution in [0.25, 0.3) is 0 Å². The molecule has 0 atom stereocenters. The quantitative estimate of drug-likeness (QED) is 0.586. The number of carbonyl (C=O) groups excluding carboxylic acids is 2. The number of benzene rings is 1. The Morgan fingerprint density at radius 2 is 1.39 bits per heavy atom. The van der Waals surface area contributed by atoms with Gasteiger partial charge in [0.1, 0.15) is 0 Å². The van der Waals surface area contributed by atoms with Crippen LogP contribution in [0.3, 0.4) is 0 Å². The Morgan fingerprint density at radius 1 is 0.788 bits per heavy atom. The van der Waals surface area contributed by atoms with Gasteiger partial charge >= 0.3 is 6.03 Å². The third-order valence-electron chi connectivity index (χ3n) is 7.13. The van der Waals surface area contributed by atoms with E-state index < -0.39 is 10.0 Å². The molecule has 1 aliphatic heterocycles. The zero-order valence-corrected chi connectivity index (χ0v) is 20.0. The van der Waals surface area contributed by atoms with Gasteiger partial charge in [0.05, 0.1) is 4.90 Å². The minimum Gasteiger partial charge on any atom is -0.349 e. The SMILES string of the molecule is O=C(NC1CCN(C(=O)NC2CCCCC2)CC1)c1cccc(S(=O)(=O)NC2CCCC2)c1. The number of urea groups is 1. The van der Waals surface area contributed by atoms with Crippen LogP contribution in [-0.2, 0) is 10.0 Å². The number of rotatable bonds is 6. The van der Waals surface area contributed by atoms with Crippen LogP contribution in [0.15, 0.2) is 29.2 Å². The van der Waals surface area contributed by atoms with Gasteiger partial charge < -0.3 is 15.5 Å². The highest BCUT2D eigenvalue weighted by molar-refractivity contribution is 7.89. The Kier molecular flexibility index (Phi) is 7.90. The first-order valence-corrected chi connectivity index (χ1v) is 13.9. The maximum Gasteiger partial charge on any atom is 0.317 e. The first kappa shape index (κ1) is 24.0. The molecule has 2 aliphatic carbocycles. The molecule has 3 amide bonds. The van der Waals surface area contributed by atoms with Gasteiger partial charge in [-0.3, -0.25) is 4.79 Å². The van der Waals surface area contributed by atoms with Crippen molar-refractivity contribution in [3.05, 3.63) is 29.8 Å². The van der Waals surface area contributed by atoms with Crippen molar-refractivity contribution in [3.63, 3.8) is 0 Å². The third kappa shape index (κ3) is 6.47. The number of hydrogen-bond donors (Lipinski definition) is 3. The number of amides is 3. The van der Waals surface area contributed by atoms with Crippen molar-refractivity contribution in [3.8, 4) is 0 Å². The molecule has 3 aliphatic rings. The highest BCUT2D eigenvalue weighted by atomic mass is 32.2. The minimum absolute atomic E-state index is 0.000605. The summed E-state index contributed by atoms with van der Waals surface area (Å²) in [4.78, 5) is 27.3. The molecule has 1 aromatic carbocycles. The molecule has 182 valence electrons. The van der Waals surface area contributed by atoms with Crippen molar-refractivity contribution in [2.75, 3.05) is 13.1 Å². The maximum absolute atomic E-state index is 12.8. The molecule has 8 nitrogen and oxygen atoms in total. The molecule has 0 aromatic heterocycles. The van der Waals surface area contributed by atoms with Crippen molar-refractivity contribution in [2.24, 2.45) is 0 Å². The number of hydrogen-bond acceptors (Lipinski definition) is 4. The molecule has 0 spiro atoms. The number of nitrogens with zero attached hydrogens (tertiary/aromatic N) is 1. The molecule has 1 aromatic rings. The highest BCUT2D eigenvalue weighted by Crippen LogP contribution is 2.21. The second-order valence-corrected chi connectivity index (χ2v) is 11.4. The third-order valence-corrected chi connectivity index (χ3v) is 8.65. The summed E-state index contributed by atoms with van der Waals surface area (Å²) in [6.07, 6.45) is 10.9.